The quantitative estimate of drug-likeness (QED) is 0.557. The summed E-state index contributed by atoms with van der Waals surface area (Å²) in [5.41, 5.74) is 6.34. The van der Waals surface area contributed by atoms with E-state index >= 15 is 0 Å². The van der Waals surface area contributed by atoms with Gasteiger partial charge in [-0.2, -0.15) is 0 Å². The van der Waals surface area contributed by atoms with Gasteiger partial charge in [0, 0.05) is 0 Å². The Labute approximate surface area is 168 Å². The molecule has 1 heterocycles. The highest BCUT2D eigenvalue weighted by molar-refractivity contribution is 6.64. The minimum atomic E-state index is -0.382. The second-order valence-corrected chi connectivity index (χ2v) is 8.62. The molecule has 3 heteroatoms. The van der Waals surface area contributed by atoms with Gasteiger partial charge in [0.05, 0.1) is 11.2 Å². The summed E-state index contributed by atoms with van der Waals surface area (Å²) in [6.07, 6.45) is 0. The van der Waals surface area contributed by atoms with Crippen LogP contribution < -0.4 is 5.46 Å². The van der Waals surface area contributed by atoms with Gasteiger partial charge in [0.2, 0.25) is 0 Å². The second-order valence-electron chi connectivity index (χ2n) is 8.62. The predicted molar refractivity (Wildman–Crippen MR) is 118 cm³/mol. The van der Waals surface area contributed by atoms with Gasteiger partial charge in [0.25, 0.3) is 0 Å². The van der Waals surface area contributed by atoms with Crippen molar-refractivity contribution in [1.29, 1.82) is 0 Å². The number of aryl methyl sites for hydroxylation is 1. The fourth-order valence-corrected chi connectivity index (χ4v) is 3.53. The van der Waals surface area contributed by atoms with Crippen LogP contribution in [0.5, 0.6) is 0 Å². The molecular weight excluding hydrogens is 343 g/mol. The molecule has 3 aromatic carbocycles. The van der Waals surface area contributed by atoms with Crippen LogP contribution in [0.4, 0.5) is 0 Å². The van der Waals surface area contributed by atoms with Crippen molar-refractivity contribution in [2.45, 2.75) is 45.8 Å². The van der Waals surface area contributed by atoms with Gasteiger partial charge in [0.15, 0.2) is 0 Å². The maximum Gasteiger partial charge on any atom is 0.495 e. The van der Waals surface area contributed by atoms with E-state index in [1.165, 1.54) is 22.3 Å². The summed E-state index contributed by atoms with van der Waals surface area (Å²) in [5, 5.41) is 0. The molecule has 0 atom stereocenters. The van der Waals surface area contributed by atoms with E-state index in [4.69, 9.17) is 9.31 Å². The molecular formula is C25H27BO2. The van der Waals surface area contributed by atoms with Crippen LogP contribution in [-0.4, -0.2) is 18.3 Å². The smallest absolute Gasteiger partial charge is 0.399 e. The standard InChI is InChI=1S/C25H27BO2/c1-18-11-13-19(14-12-18)21-15-16-23(22(17-21)20-9-7-6-8-10-20)26-27-24(2,3)25(4,5)28-26/h6-17H,1-5H3. The van der Waals surface area contributed by atoms with Gasteiger partial charge in [0.1, 0.15) is 0 Å². The molecule has 1 saturated heterocycles. The van der Waals surface area contributed by atoms with Crippen molar-refractivity contribution in [3.05, 3.63) is 78.4 Å². The third-order valence-electron chi connectivity index (χ3n) is 6.03. The van der Waals surface area contributed by atoms with Crippen LogP contribution in [0, 0.1) is 6.92 Å². The monoisotopic (exact) mass is 370 g/mol. The van der Waals surface area contributed by atoms with Crippen LogP contribution >= 0.6 is 0 Å². The molecule has 1 fully saturated rings. The zero-order valence-corrected chi connectivity index (χ0v) is 17.3. The van der Waals surface area contributed by atoms with E-state index in [1.807, 2.05) is 6.07 Å². The number of hydrogen-bond acceptors (Lipinski definition) is 2. The SMILES string of the molecule is Cc1ccc(-c2ccc(B3OC(C)(C)C(C)(C)O3)c(-c3ccccc3)c2)cc1. The highest BCUT2D eigenvalue weighted by Gasteiger charge is 2.52. The fourth-order valence-electron chi connectivity index (χ4n) is 3.53. The zero-order chi connectivity index (χ0) is 19.9. The van der Waals surface area contributed by atoms with Gasteiger partial charge in [-0.3, -0.25) is 0 Å². The summed E-state index contributed by atoms with van der Waals surface area (Å²) >= 11 is 0. The Morgan fingerprint density at radius 2 is 1.21 bits per heavy atom. The van der Waals surface area contributed by atoms with Crippen molar-refractivity contribution in [2.75, 3.05) is 0 Å². The Kier molecular flexibility index (Phi) is 4.69. The number of rotatable bonds is 3. The molecule has 0 bridgehead atoms. The van der Waals surface area contributed by atoms with Crippen LogP contribution in [0.3, 0.4) is 0 Å². The van der Waals surface area contributed by atoms with Gasteiger partial charge in [-0.05, 0) is 68.4 Å². The van der Waals surface area contributed by atoms with Gasteiger partial charge in [-0.25, -0.2) is 0 Å². The lowest BCUT2D eigenvalue weighted by Gasteiger charge is -2.32. The molecule has 1 aliphatic heterocycles. The summed E-state index contributed by atoms with van der Waals surface area (Å²) in [6, 6.07) is 25.7. The molecule has 0 spiro atoms. The van der Waals surface area contributed by atoms with E-state index < -0.39 is 0 Å². The molecule has 0 radical (unpaired) electrons. The van der Waals surface area contributed by atoms with E-state index in [0.717, 1.165) is 11.0 Å². The summed E-state index contributed by atoms with van der Waals surface area (Å²) in [7, 11) is -0.382. The number of hydrogen-bond donors (Lipinski definition) is 0. The molecule has 28 heavy (non-hydrogen) atoms. The second kappa shape index (κ2) is 6.91. The molecule has 142 valence electrons. The average molecular weight is 370 g/mol. The molecule has 1 aliphatic rings. The summed E-state index contributed by atoms with van der Waals surface area (Å²) in [5.74, 6) is 0. The first-order valence-corrected chi connectivity index (χ1v) is 9.89. The Bertz CT molecular complexity index is 959. The summed E-state index contributed by atoms with van der Waals surface area (Å²) in [4.78, 5) is 0. The Morgan fingerprint density at radius 1 is 0.643 bits per heavy atom. The first kappa shape index (κ1) is 19.0. The molecule has 0 aromatic heterocycles. The van der Waals surface area contributed by atoms with Crippen LogP contribution in [0.2, 0.25) is 0 Å². The molecule has 0 unspecified atom stereocenters. The molecule has 0 saturated carbocycles. The highest BCUT2D eigenvalue weighted by Crippen LogP contribution is 2.37. The van der Waals surface area contributed by atoms with Crippen molar-refractivity contribution >= 4 is 12.6 Å². The maximum atomic E-state index is 6.35. The lowest BCUT2D eigenvalue weighted by molar-refractivity contribution is 0.00578. The normalized spacial score (nSPS) is 17.7. The molecule has 3 aromatic rings. The molecule has 0 N–H and O–H groups in total. The van der Waals surface area contributed by atoms with Crippen molar-refractivity contribution in [1.82, 2.24) is 0 Å². The predicted octanol–water partition coefficient (Wildman–Crippen LogP) is 5.63. The van der Waals surface area contributed by atoms with Gasteiger partial charge < -0.3 is 9.31 Å². The Morgan fingerprint density at radius 3 is 1.82 bits per heavy atom. The van der Waals surface area contributed by atoms with Crippen molar-refractivity contribution in [2.24, 2.45) is 0 Å². The third kappa shape index (κ3) is 3.41. The van der Waals surface area contributed by atoms with E-state index in [9.17, 15) is 0 Å². The van der Waals surface area contributed by atoms with Crippen molar-refractivity contribution < 1.29 is 9.31 Å². The summed E-state index contributed by atoms with van der Waals surface area (Å²) < 4.78 is 12.7. The van der Waals surface area contributed by atoms with E-state index in [-0.39, 0.29) is 18.3 Å². The minimum absolute atomic E-state index is 0.360. The first-order chi connectivity index (χ1) is 13.3. The maximum absolute atomic E-state index is 6.35. The van der Waals surface area contributed by atoms with Crippen LogP contribution in [0.15, 0.2) is 72.8 Å². The fraction of sp³-hybridized carbons (Fsp3) is 0.280. The van der Waals surface area contributed by atoms with E-state index in [1.54, 1.807) is 0 Å². The average Bonchev–Trinajstić information content (AvgIpc) is 2.90. The molecule has 0 amide bonds. The lowest BCUT2D eigenvalue weighted by Crippen LogP contribution is -2.41. The topological polar surface area (TPSA) is 18.5 Å². The van der Waals surface area contributed by atoms with Gasteiger partial charge >= 0.3 is 7.12 Å². The lowest BCUT2D eigenvalue weighted by atomic mass is 9.73. The first-order valence-electron chi connectivity index (χ1n) is 9.89. The molecule has 4 rings (SSSR count). The van der Waals surface area contributed by atoms with Crippen LogP contribution in [-0.2, 0) is 9.31 Å². The molecule has 0 aliphatic carbocycles. The third-order valence-corrected chi connectivity index (χ3v) is 6.03. The zero-order valence-electron chi connectivity index (χ0n) is 17.3. The van der Waals surface area contributed by atoms with E-state index in [2.05, 4.69) is 101 Å². The Hall–Kier alpha value is -2.36. The number of benzene rings is 3. The van der Waals surface area contributed by atoms with Crippen LogP contribution in [0.25, 0.3) is 22.3 Å². The van der Waals surface area contributed by atoms with Gasteiger partial charge in [-0.1, -0.05) is 72.3 Å². The largest absolute Gasteiger partial charge is 0.495 e. The van der Waals surface area contributed by atoms with Crippen molar-refractivity contribution in [3.63, 3.8) is 0 Å². The Balaban J connectivity index is 1.82. The highest BCUT2D eigenvalue weighted by atomic mass is 16.7. The summed E-state index contributed by atoms with van der Waals surface area (Å²) in [6.45, 7) is 10.5. The minimum Gasteiger partial charge on any atom is -0.399 e. The van der Waals surface area contributed by atoms with Crippen molar-refractivity contribution in [3.8, 4) is 22.3 Å². The molecule has 2 nitrogen and oxygen atoms in total. The van der Waals surface area contributed by atoms with Crippen LogP contribution in [0.1, 0.15) is 33.3 Å². The van der Waals surface area contributed by atoms with E-state index in [0.29, 0.717) is 0 Å². The van der Waals surface area contributed by atoms with Gasteiger partial charge in [-0.15, -0.1) is 0 Å².